The summed E-state index contributed by atoms with van der Waals surface area (Å²) in [6.45, 7) is 2.39. The molecule has 0 aromatic heterocycles. The lowest BCUT2D eigenvalue weighted by Gasteiger charge is -2.24. The molecule has 1 saturated heterocycles. The summed E-state index contributed by atoms with van der Waals surface area (Å²) in [6.07, 6.45) is 6.11. The number of anilines is 2. The zero-order valence-corrected chi connectivity index (χ0v) is 10.9. The first-order valence-electron chi connectivity index (χ1n) is 7.19. The van der Waals surface area contributed by atoms with Gasteiger partial charge in [0.25, 0.3) is 0 Å². The summed E-state index contributed by atoms with van der Waals surface area (Å²) in [5, 5.41) is 3.70. The molecule has 1 heterocycles. The van der Waals surface area contributed by atoms with Gasteiger partial charge in [0.15, 0.2) is 0 Å². The number of benzene rings is 1. The van der Waals surface area contributed by atoms with Crippen LogP contribution in [0.3, 0.4) is 0 Å². The van der Waals surface area contributed by atoms with Crippen molar-refractivity contribution in [1.82, 2.24) is 0 Å². The molecule has 2 unspecified atom stereocenters. The number of rotatable bonds is 3. The lowest BCUT2D eigenvalue weighted by atomic mass is 10.2. The number of nitrogens with zero attached hydrogens (tertiary/aromatic N) is 1. The maximum Gasteiger partial charge on any atom is 0.0602 e. The van der Waals surface area contributed by atoms with Crippen molar-refractivity contribution in [3.63, 3.8) is 0 Å². The molecule has 1 aliphatic carbocycles. The van der Waals surface area contributed by atoms with Crippen LogP contribution >= 0.6 is 0 Å². The number of hydrogen-bond acceptors (Lipinski definition) is 3. The molecule has 98 valence electrons. The molecule has 1 saturated carbocycles. The van der Waals surface area contributed by atoms with Crippen LogP contribution in [-0.4, -0.2) is 25.2 Å². The summed E-state index contributed by atoms with van der Waals surface area (Å²) in [5.74, 6) is 0. The van der Waals surface area contributed by atoms with Gasteiger partial charge in [-0.05, 0) is 44.2 Å². The predicted molar refractivity (Wildman–Crippen MR) is 77.1 cm³/mol. The molecule has 18 heavy (non-hydrogen) atoms. The Morgan fingerprint density at radius 2 is 1.89 bits per heavy atom. The van der Waals surface area contributed by atoms with Crippen molar-refractivity contribution < 1.29 is 0 Å². The van der Waals surface area contributed by atoms with E-state index < -0.39 is 0 Å². The van der Waals surface area contributed by atoms with Gasteiger partial charge in [-0.25, -0.2) is 0 Å². The highest BCUT2D eigenvalue weighted by molar-refractivity contribution is 5.70. The van der Waals surface area contributed by atoms with E-state index in [-0.39, 0.29) is 0 Å². The van der Waals surface area contributed by atoms with Crippen LogP contribution in [0.1, 0.15) is 32.1 Å². The van der Waals surface area contributed by atoms with Gasteiger partial charge in [0.2, 0.25) is 0 Å². The standard InChI is InChI=1S/C15H23N3/c16-12-7-8-13(11-12)17-14-5-1-2-6-15(14)18-9-3-4-10-18/h1-2,5-6,12-13,17H,3-4,7-11,16H2. The molecule has 1 aromatic carbocycles. The van der Waals surface area contributed by atoms with Crippen molar-refractivity contribution in [3.05, 3.63) is 24.3 Å². The number of hydrogen-bond donors (Lipinski definition) is 2. The molecule has 2 fully saturated rings. The second-order valence-corrected chi connectivity index (χ2v) is 5.63. The first-order valence-corrected chi connectivity index (χ1v) is 7.19. The molecule has 1 aliphatic heterocycles. The number of para-hydroxylation sites is 2. The van der Waals surface area contributed by atoms with E-state index in [9.17, 15) is 0 Å². The fraction of sp³-hybridized carbons (Fsp3) is 0.600. The van der Waals surface area contributed by atoms with E-state index in [1.807, 2.05) is 0 Å². The summed E-state index contributed by atoms with van der Waals surface area (Å²) in [7, 11) is 0. The maximum absolute atomic E-state index is 5.99. The summed E-state index contributed by atoms with van der Waals surface area (Å²) in [5.41, 5.74) is 8.65. The Hall–Kier alpha value is -1.22. The molecule has 1 aromatic rings. The topological polar surface area (TPSA) is 41.3 Å². The smallest absolute Gasteiger partial charge is 0.0602 e. The van der Waals surface area contributed by atoms with E-state index in [1.54, 1.807) is 0 Å². The third-order valence-electron chi connectivity index (χ3n) is 4.18. The molecule has 2 atom stereocenters. The SMILES string of the molecule is NC1CCC(Nc2ccccc2N2CCCC2)C1. The third kappa shape index (κ3) is 2.46. The van der Waals surface area contributed by atoms with Crippen LogP contribution in [0.5, 0.6) is 0 Å². The van der Waals surface area contributed by atoms with Crippen molar-refractivity contribution in [2.45, 2.75) is 44.2 Å². The zero-order chi connectivity index (χ0) is 12.4. The number of nitrogens with two attached hydrogens (primary N) is 1. The van der Waals surface area contributed by atoms with Crippen LogP contribution in [0.2, 0.25) is 0 Å². The molecule has 3 heteroatoms. The van der Waals surface area contributed by atoms with Gasteiger partial charge in [-0.15, -0.1) is 0 Å². The summed E-state index contributed by atoms with van der Waals surface area (Å²) < 4.78 is 0. The lowest BCUT2D eigenvalue weighted by Crippen LogP contribution is -2.23. The molecular formula is C15H23N3. The predicted octanol–water partition coefficient (Wildman–Crippen LogP) is 2.58. The first kappa shape index (κ1) is 11.8. The van der Waals surface area contributed by atoms with Gasteiger partial charge in [-0.2, -0.15) is 0 Å². The van der Waals surface area contributed by atoms with Crippen LogP contribution in [0.4, 0.5) is 11.4 Å². The molecule has 0 amide bonds. The molecule has 0 radical (unpaired) electrons. The Morgan fingerprint density at radius 3 is 2.61 bits per heavy atom. The van der Waals surface area contributed by atoms with E-state index in [0.717, 1.165) is 12.8 Å². The van der Waals surface area contributed by atoms with Gasteiger partial charge in [0.1, 0.15) is 0 Å². The van der Waals surface area contributed by atoms with Gasteiger partial charge in [0, 0.05) is 25.2 Å². The van der Waals surface area contributed by atoms with Crippen molar-refractivity contribution in [1.29, 1.82) is 0 Å². The van der Waals surface area contributed by atoms with Crippen molar-refractivity contribution >= 4 is 11.4 Å². The quantitative estimate of drug-likeness (QED) is 0.860. The summed E-state index contributed by atoms with van der Waals surface area (Å²) in [4.78, 5) is 2.50. The Morgan fingerprint density at radius 1 is 1.11 bits per heavy atom. The first-order chi connectivity index (χ1) is 8.83. The molecule has 3 rings (SSSR count). The Labute approximate surface area is 109 Å². The minimum atomic E-state index is 0.390. The van der Waals surface area contributed by atoms with E-state index in [1.165, 1.54) is 43.7 Å². The van der Waals surface area contributed by atoms with Gasteiger partial charge >= 0.3 is 0 Å². The molecule has 3 nitrogen and oxygen atoms in total. The van der Waals surface area contributed by atoms with E-state index in [0.29, 0.717) is 12.1 Å². The highest BCUT2D eigenvalue weighted by atomic mass is 15.2. The fourth-order valence-corrected chi connectivity index (χ4v) is 3.20. The Bertz CT molecular complexity index is 398. The van der Waals surface area contributed by atoms with Crippen LogP contribution in [0.25, 0.3) is 0 Å². The van der Waals surface area contributed by atoms with Gasteiger partial charge < -0.3 is 16.0 Å². The van der Waals surface area contributed by atoms with Crippen LogP contribution in [-0.2, 0) is 0 Å². The average molecular weight is 245 g/mol. The zero-order valence-electron chi connectivity index (χ0n) is 10.9. The molecule has 3 N–H and O–H groups in total. The van der Waals surface area contributed by atoms with E-state index in [2.05, 4.69) is 34.5 Å². The lowest BCUT2D eigenvalue weighted by molar-refractivity contribution is 0.687. The second-order valence-electron chi connectivity index (χ2n) is 5.63. The van der Waals surface area contributed by atoms with Crippen LogP contribution < -0.4 is 16.0 Å². The van der Waals surface area contributed by atoms with Crippen LogP contribution in [0, 0.1) is 0 Å². The average Bonchev–Trinajstić information content (AvgIpc) is 3.02. The van der Waals surface area contributed by atoms with E-state index in [4.69, 9.17) is 5.73 Å². The maximum atomic E-state index is 5.99. The third-order valence-corrected chi connectivity index (χ3v) is 4.18. The number of nitrogens with one attached hydrogen (secondary N) is 1. The van der Waals surface area contributed by atoms with Crippen molar-refractivity contribution in [2.24, 2.45) is 5.73 Å². The molecular weight excluding hydrogens is 222 g/mol. The monoisotopic (exact) mass is 245 g/mol. The summed E-state index contributed by atoms with van der Waals surface area (Å²) in [6, 6.07) is 9.65. The highest BCUT2D eigenvalue weighted by Gasteiger charge is 2.23. The second kappa shape index (κ2) is 5.19. The Balaban J connectivity index is 1.74. The van der Waals surface area contributed by atoms with E-state index >= 15 is 0 Å². The Kier molecular flexibility index (Phi) is 3.41. The summed E-state index contributed by atoms with van der Waals surface area (Å²) >= 11 is 0. The van der Waals surface area contributed by atoms with Crippen molar-refractivity contribution in [2.75, 3.05) is 23.3 Å². The van der Waals surface area contributed by atoms with Gasteiger partial charge in [0.05, 0.1) is 11.4 Å². The molecule has 0 spiro atoms. The fourth-order valence-electron chi connectivity index (χ4n) is 3.20. The minimum Gasteiger partial charge on any atom is -0.381 e. The highest BCUT2D eigenvalue weighted by Crippen LogP contribution is 2.31. The van der Waals surface area contributed by atoms with Gasteiger partial charge in [-0.3, -0.25) is 0 Å². The largest absolute Gasteiger partial charge is 0.381 e. The normalized spacial score (nSPS) is 27.7. The van der Waals surface area contributed by atoms with Gasteiger partial charge in [-0.1, -0.05) is 12.1 Å². The van der Waals surface area contributed by atoms with Crippen molar-refractivity contribution in [3.8, 4) is 0 Å². The minimum absolute atomic E-state index is 0.390. The van der Waals surface area contributed by atoms with Crippen LogP contribution in [0.15, 0.2) is 24.3 Å². The molecule has 2 aliphatic rings. The molecule has 0 bridgehead atoms.